The van der Waals surface area contributed by atoms with Crippen LogP contribution in [0.1, 0.15) is 19.3 Å². The number of anilines is 2. The van der Waals surface area contributed by atoms with E-state index in [-0.39, 0.29) is 0 Å². The molecule has 106 valence electrons. The number of benzene rings is 1. The SMILES string of the molecule is C=CCN(CC=C)c1ccccc1NC1=NCCCC1. The molecule has 0 spiro atoms. The molecule has 1 aliphatic heterocycles. The topological polar surface area (TPSA) is 27.6 Å². The molecule has 3 nitrogen and oxygen atoms in total. The lowest BCUT2D eigenvalue weighted by molar-refractivity contribution is 0.737. The summed E-state index contributed by atoms with van der Waals surface area (Å²) in [6.07, 6.45) is 7.29. The molecule has 0 saturated heterocycles. The number of aliphatic imine (C=N–C) groups is 1. The van der Waals surface area contributed by atoms with Gasteiger partial charge >= 0.3 is 0 Å². The van der Waals surface area contributed by atoms with Crippen LogP contribution >= 0.6 is 0 Å². The summed E-state index contributed by atoms with van der Waals surface area (Å²) in [4.78, 5) is 6.81. The van der Waals surface area contributed by atoms with E-state index in [1.54, 1.807) is 0 Å². The zero-order chi connectivity index (χ0) is 14.2. The Bertz CT molecular complexity index is 481. The fourth-order valence-corrected chi connectivity index (χ4v) is 2.39. The van der Waals surface area contributed by atoms with Gasteiger partial charge in [-0.1, -0.05) is 24.3 Å². The van der Waals surface area contributed by atoms with E-state index in [4.69, 9.17) is 0 Å². The van der Waals surface area contributed by atoms with Crippen molar-refractivity contribution in [2.75, 3.05) is 29.9 Å². The number of para-hydroxylation sites is 2. The summed E-state index contributed by atoms with van der Waals surface area (Å²) in [5, 5.41) is 3.49. The van der Waals surface area contributed by atoms with E-state index < -0.39 is 0 Å². The largest absolute Gasteiger partial charge is 0.362 e. The molecule has 0 aliphatic carbocycles. The molecule has 1 aromatic carbocycles. The van der Waals surface area contributed by atoms with Gasteiger partial charge < -0.3 is 10.2 Å². The highest BCUT2D eigenvalue weighted by Gasteiger charge is 2.11. The second kappa shape index (κ2) is 7.53. The van der Waals surface area contributed by atoms with Gasteiger partial charge in [0.15, 0.2) is 0 Å². The van der Waals surface area contributed by atoms with Gasteiger partial charge in [-0.25, -0.2) is 0 Å². The van der Waals surface area contributed by atoms with Crippen molar-refractivity contribution >= 4 is 17.2 Å². The van der Waals surface area contributed by atoms with Crippen molar-refractivity contribution in [2.45, 2.75) is 19.3 Å². The normalized spacial score (nSPS) is 14.3. The smallest absolute Gasteiger partial charge is 0.101 e. The Labute approximate surface area is 121 Å². The number of hydrogen-bond acceptors (Lipinski definition) is 3. The first-order valence-electron chi connectivity index (χ1n) is 7.21. The predicted octanol–water partition coefficient (Wildman–Crippen LogP) is 3.86. The molecule has 2 rings (SSSR count). The molecule has 1 heterocycles. The van der Waals surface area contributed by atoms with E-state index in [2.05, 4.69) is 52.6 Å². The maximum atomic E-state index is 4.56. The molecular weight excluding hydrogens is 246 g/mol. The molecule has 1 aliphatic rings. The van der Waals surface area contributed by atoms with E-state index in [0.717, 1.165) is 37.6 Å². The first-order valence-corrected chi connectivity index (χ1v) is 7.21. The summed E-state index contributed by atoms with van der Waals surface area (Å²) in [6, 6.07) is 8.34. The van der Waals surface area contributed by atoms with Crippen LogP contribution in [-0.4, -0.2) is 25.5 Å². The summed E-state index contributed by atoms with van der Waals surface area (Å²) < 4.78 is 0. The molecule has 0 fully saturated rings. The zero-order valence-corrected chi connectivity index (χ0v) is 12.0. The lowest BCUT2D eigenvalue weighted by Crippen LogP contribution is -2.25. The highest BCUT2D eigenvalue weighted by Crippen LogP contribution is 2.26. The van der Waals surface area contributed by atoms with E-state index in [1.807, 2.05) is 12.2 Å². The molecule has 0 bridgehead atoms. The van der Waals surface area contributed by atoms with Gasteiger partial charge in [0.2, 0.25) is 0 Å². The van der Waals surface area contributed by atoms with Crippen molar-refractivity contribution < 1.29 is 0 Å². The molecule has 20 heavy (non-hydrogen) atoms. The number of nitrogens with one attached hydrogen (secondary N) is 1. The number of nitrogens with zero attached hydrogens (tertiary/aromatic N) is 2. The Morgan fingerprint density at radius 1 is 1.15 bits per heavy atom. The first kappa shape index (κ1) is 14.4. The Balaban J connectivity index is 2.21. The average Bonchev–Trinajstić information content (AvgIpc) is 2.49. The Kier molecular flexibility index (Phi) is 5.42. The van der Waals surface area contributed by atoms with Crippen LogP contribution < -0.4 is 10.2 Å². The van der Waals surface area contributed by atoms with Gasteiger partial charge in [-0.15, -0.1) is 13.2 Å². The Morgan fingerprint density at radius 3 is 2.55 bits per heavy atom. The molecule has 0 saturated carbocycles. The zero-order valence-electron chi connectivity index (χ0n) is 12.0. The lowest BCUT2D eigenvalue weighted by Gasteiger charge is -2.25. The van der Waals surface area contributed by atoms with Crippen molar-refractivity contribution in [3.05, 3.63) is 49.6 Å². The van der Waals surface area contributed by atoms with Crippen molar-refractivity contribution in [1.82, 2.24) is 0 Å². The predicted molar refractivity (Wildman–Crippen MR) is 88.8 cm³/mol. The molecular formula is C17H23N3. The van der Waals surface area contributed by atoms with Gasteiger partial charge in [0.05, 0.1) is 11.4 Å². The molecule has 0 radical (unpaired) electrons. The van der Waals surface area contributed by atoms with Crippen LogP contribution in [-0.2, 0) is 0 Å². The minimum Gasteiger partial charge on any atom is -0.362 e. The van der Waals surface area contributed by atoms with E-state index in [9.17, 15) is 0 Å². The summed E-state index contributed by atoms with van der Waals surface area (Å²) >= 11 is 0. The molecule has 0 atom stereocenters. The first-order chi connectivity index (χ1) is 9.85. The second-order valence-corrected chi connectivity index (χ2v) is 4.91. The van der Waals surface area contributed by atoms with Gasteiger partial charge in [-0.2, -0.15) is 0 Å². The van der Waals surface area contributed by atoms with Crippen molar-refractivity contribution in [3.8, 4) is 0 Å². The molecule has 0 aromatic heterocycles. The molecule has 0 unspecified atom stereocenters. The van der Waals surface area contributed by atoms with Crippen LogP contribution in [0.25, 0.3) is 0 Å². The number of hydrogen-bond donors (Lipinski definition) is 1. The van der Waals surface area contributed by atoms with E-state index >= 15 is 0 Å². The van der Waals surface area contributed by atoms with E-state index in [1.165, 1.54) is 18.5 Å². The standard InChI is InChI=1S/C17H23N3/c1-3-13-20(14-4-2)16-10-6-5-9-15(16)19-17-11-7-8-12-18-17/h3-6,9-10H,1-2,7-8,11-14H2,(H,18,19). The van der Waals surface area contributed by atoms with Crippen molar-refractivity contribution in [3.63, 3.8) is 0 Å². The minimum absolute atomic E-state index is 0.803. The summed E-state index contributed by atoms with van der Waals surface area (Å²) in [6.45, 7) is 10.2. The van der Waals surface area contributed by atoms with Crippen LogP contribution in [0.3, 0.4) is 0 Å². The van der Waals surface area contributed by atoms with E-state index in [0.29, 0.717) is 0 Å². The van der Waals surface area contributed by atoms with Crippen LogP contribution in [0.2, 0.25) is 0 Å². The van der Waals surface area contributed by atoms with Crippen LogP contribution in [0.5, 0.6) is 0 Å². The Morgan fingerprint density at radius 2 is 1.90 bits per heavy atom. The average molecular weight is 269 g/mol. The quantitative estimate of drug-likeness (QED) is 0.794. The van der Waals surface area contributed by atoms with Crippen LogP contribution in [0.4, 0.5) is 11.4 Å². The van der Waals surface area contributed by atoms with Gasteiger partial charge in [0.25, 0.3) is 0 Å². The van der Waals surface area contributed by atoms with Gasteiger partial charge in [0, 0.05) is 26.1 Å². The molecule has 1 N–H and O–H groups in total. The second-order valence-electron chi connectivity index (χ2n) is 4.91. The summed E-state index contributed by atoms with van der Waals surface area (Å²) in [5.41, 5.74) is 2.28. The third kappa shape index (κ3) is 3.73. The molecule has 3 heteroatoms. The third-order valence-corrected chi connectivity index (χ3v) is 3.35. The fourth-order valence-electron chi connectivity index (χ4n) is 2.39. The summed E-state index contributed by atoms with van der Waals surface area (Å²) in [5.74, 6) is 1.10. The van der Waals surface area contributed by atoms with Gasteiger partial charge in [0.1, 0.15) is 5.84 Å². The highest BCUT2D eigenvalue weighted by molar-refractivity contribution is 5.98. The maximum Gasteiger partial charge on any atom is 0.101 e. The fraction of sp³-hybridized carbons (Fsp3) is 0.353. The maximum absolute atomic E-state index is 4.56. The molecule has 0 amide bonds. The van der Waals surface area contributed by atoms with Crippen molar-refractivity contribution in [1.29, 1.82) is 0 Å². The lowest BCUT2D eigenvalue weighted by atomic mass is 10.1. The van der Waals surface area contributed by atoms with Crippen molar-refractivity contribution in [2.24, 2.45) is 4.99 Å². The number of amidine groups is 1. The highest BCUT2D eigenvalue weighted by atomic mass is 15.1. The third-order valence-electron chi connectivity index (χ3n) is 3.35. The Hall–Kier alpha value is -2.03. The van der Waals surface area contributed by atoms with Gasteiger partial charge in [-0.3, -0.25) is 4.99 Å². The van der Waals surface area contributed by atoms with Crippen LogP contribution in [0, 0.1) is 0 Å². The van der Waals surface area contributed by atoms with Crippen LogP contribution in [0.15, 0.2) is 54.6 Å². The summed E-state index contributed by atoms with van der Waals surface area (Å²) in [7, 11) is 0. The molecule has 1 aromatic rings. The minimum atomic E-state index is 0.803. The number of rotatable bonds is 6. The van der Waals surface area contributed by atoms with Gasteiger partial charge in [-0.05, 0) is 25.0 Å². The monoisotopic (exact) mass is 269 g/mol.